The van der Waals surface area contributed by atoms with Gasteiger partial charge in [-0.15, -0.1) is 5.10 Å². The van der Waals surface area contributed by atoms with Crippen molar-refractivity contribution in [2.75, 3.05) is 19.6 Å². The summed E-state index contributed by atoms with van der Waals surface area (Å²) >= 11 is 0. The fraction of sp³-hybridized carbons (Fsp3) is 0.688. The zero-order chi connectivity index (χ0) is 17.8. The number of carbonyl (C=O) groups excluding carboxylic acids is 1. The van der Waals surface area contributed by atoms with Crippen LogP contribution in [0.4, 0.5) is 0 Å². The van der Waals surface area contributed by atoms with Crippen LogP contribution in [0.2, 0.25) is 0 Å². The monoisotopic (exact) mass is 347 g/mol. The van der Waals surface area contributed by atoms with E-state index in [0.29, 0.717) is 43.7 Å². The van der Waals surface area contributed by atoms with Gasteiger partial charge in [0.1, 0.15) is 0 Å². The van der Waals surface area contributed by atoms with Gasteiger partial charge in [0.05, 0.1) is 18.7 Å². The van der Waals surface area contributed by atoms with Gasteiger partial charge in [0.2, 0.25) is 5.89 Å². The van der Waals surface area contributed by atoms with Crippen LogP contribution in [-0.4, -0.2) is 55.6 Å². The minimum Gasteiger partial charge on any atom is -0.339 e. The Morgan fingerprint density at radius 1 is 1.48 bits per heavy atom. The van der Waals surface area contributed by atoms with Gasteiger partial charge in [0, 0.05) is 26.1 Å². The molecule has 1 aliphatic rings. The molecule has 0 spiro atoms. The second-order valence-corrected chi connectivity index (χ2v) is 6.89. The van der Waals surface area contributed by atoms with Crippen LogP contribution in [0.15, 0.2) is 10.7 Å². The lowest BCUT2D eigenvalue weighted by atomic mass is 9.97. The van der Waals surface area contributed by atoms with Crippen LogP contribution >= 0.6 is 0 Å². The minimum absolute atomic E-state index is 0.0743. The Labute approximate surface area is 146 Å². The molecule has 1 fully saturated rings. The Morgan fingerprint density at radius 3 is 3.08 bits per heavy atom. The molecule has 0 aromatic carbocycles. The molecular weight excluding hydrogens is 322 g/mol. The molecule has 2 aromatic rings. The molecule has 2 aromatic heterocycles. The van der Waals surface area contributed by atoms with Gasteiger partial charge in [0.15, 0.2) is 11.5 Å². The van der Waals surface area contributed by atoms with Crippen molar-refractivity contribution in [1.82, 2.24) is 30.0 Å². The van der Waals surface area contributed by atoms with E-state index in [4.69, 9.17) is 10.3 Å². The molecular formula is C16H25N7O2. The Hall–Kier alpha value is -2.29. The maximum Gasteiger partial charge on any atom is 0.276 e. The highest BCUT2D eigenvalue weighted by atomic mass is 16.5. The molecule has 0 bridgehead atoms. The number of amides is 1. The first kappa shape index (κ1) is 17.5. The van der Waals surface area contributed by atoms with Crippen LogP contribution in [0.1, 0.15) is 54.8 Å². The summed E-state index contributed by atoms with van der Waals surface area (Å²) in [5.74, 6) is 1.80. The third kappa shape index (κ3) is 4.22. The van der Waals surface area contributed by atoms with Gasteiger partial charge < -0.3 is 15.2 Å². The molecule has 0 unspecified atom stereocenters. The van der Waals surface area contributed by atoms with Gasteiger partial charge in [0.25, 0.3) is 5.91 Å². The smallest absolute Gasteiger partial charge is 0.276 e. The van der Waals surface area contributed by atoms with Gasteiger partial charge in [-0.2, -0.15) is 4.98 Å². The largest absolute Gasteiger partial charge is 0.339 e. The van der Waals surface area contributed by atoms with Gasteiger partial charge in [-0.3, -0.25) is 9.48 Å². The number of piperidine rings is 1. The van der Waals surface area contributed by atoms with Crippen LogP contribution in [0.25, 0.3) is 0 Å². The second-order valence-electron chi connectivity index (χ2n) is 6.89. The molecule has 0 radical (unpaired) electrons. The van der Waals surface area contributed by atoms with Crippen LogP contribution in [0, 0.1) is 5.92 Å². The normalized spacial score (nSPS) is 18.1. The topological polar surface area (TPSA) is 116 Å². The summed E-state index contributed by atoms with van der Waals surface area (Å²) in [5.41, 5.74) is 5.84. The lowest BCUT2D eigenvalue weighted by Crippen LogP contribution is -2.39. The van der Waals surface area contributed by atoms with Crippen molar-refractivity contribution in [3.63, 3.8) is 0 Å². The molecule has 1 atom stereocenters. The van der Waals surface area contributed by atoms with E-state index >= 15 is 0 Å². The van der Waals surface area contributed by atoms with Crippen molar-refractivity contribution in [3.05, 3.63) is 23.6 Å². The first-order valence-electron chi connectivity index (χ1n) is 8.78. The summed E-state index contributed by atoms with van der Waals surface area (Å²) in [5, 5.41) is 11.9. The van der Waals surface area contributed by atoms with E-state index in [1.807, 2.05) is 0 Å². The van der Waals surface area contributed by atoms with E-state index in [1.165, 1.54) is 0 Å². The lowest BCUT2D eigenvalue weighted by molar-refractivity contribution is 0.0689. The maximum atomic E-state index is 12.7. The van der Waals surface area contributed by atoms with Gasteiger partial charge >= 0.3 is 0 Å². The molecule has 136 valence electrons. The summed E-state index contributed by atoms with van der Waals surface area (Å²) in [4.78, 5) is 19.0. The van der Waals surface area contributed by atoms with Crippen LogP contribution in [-0.2, 0) is 13.0 Å². The number of likely N-dealkylation sites (tertiary alicyclic amines) is 1. The van der Waals surface area contributed by atoms with Crippen molar-refractivity contribution in [2.24, 2.45) is 11.7 Å². The van der Waals surface area contributed by atoms with Crippen LogP contribution < -0.4 is 5.73 Å². The standard InChI is InChI=1S/C16H25N7O2/c1-11(2)8-14-18-15(25-20-14)12-4-3-6-22(9-12)16(24)13-10-23(7-5-17)21-19-13/h10-12H,3-9,17H2,1-2H3/t12-/m1/s1. The minimum atomic E-state index is -0.116. The summed E-state index contributed by atoms with van der Waals surface area (Å²) in [6.45, 7) is 6.50. The van der Waals surface area contributed by atoms with E-state index in [-0.39, 0.29) is 11.8 Å². The second kappa shape index (κ2) is 7.73. The third-order valence-corrected chi connectivity index (χ3v) is 4.25. The first-order chi connectivity index (χ1) is 12.1. The number of hydrogen-bond acceptors (Lipinski definition) is 7. The van der Waals surface area contributed by atoms with Crippen LogP contribution in [0.3, 0.4) is 0 Å². The first-order valence-corrected chi connectivity index (χ1v) is 8.78. The molecule has 9 heteroatoms. The third-order valence-electron chi connectivity index (χ3n) is 4.25. The molecule has 1 aliphatic heterocycles. The number of aromatic nitrogens is 5. The number of hydrogen-bond donors (Lipinski definition) is 1. The Kier molecular flexibility index (Phi) is 5.42. The summed E-state index contributed by atoms with van der Waals surface area (Å²) in [7, 11) is 0. The van der Waals surface area contributed by atoms with Gasteiger partial charge in [-0.05, 0) is 18.8 Å². The number of rotatable bonds is 6. The molecule has 0 aliphatic carbocycles. The molecule has 2 N–H and O–H groups in total. The predicted octanol–water partition coefficient (Wildman–Crippen LogP) is 0.838. The highest BCUT2D eigenvalue weighted by Gasteiger charge is 2.30. The quantitative estimate of drug-likeness (QED) is 0.823. The van der Waals surface area contributed by atoms with Gasteiger partial charge in [-0.25, -0.2) is 0 Å². The zero-order valence-corrected chi connectivity index (χ0v) is 14.8. The SMILES string of the molecule is CC(C)Cc1noc([C@@H]2CCCN(C(=O)c3cn(CCN)nn3)C2)n1. The van der Waals surface area contributed by atoms with Crippen molar-refractivity contribution >= 4 is 5.91 Å². The van der Waals surface area contributed by atoms with Crippen molar-refractivity contribution in [3.8, 4) is 0 Å². The van der Waals surface area contributed by atoms with Crippen LogP contribution in [0.5, 0.6) is 0 Å². The number of nitrogens with two attached hydrogens (primary N) is 1. The fourth-order valence-electron chi connectivity index (χ4n) is 3.04. The molecule has 1 amide bonds. The predicted molar refractivity (Wildman–Crippen MR) is 89.8 cm³/mol. The Morgan fingerprint density at radius 2 is 2.32 bits per heavy atom. The van der Waals surface area contributed by atoms with Crippen molar-refractivity contribution in [1.29, 1.82) is 0 Å². The summed E-state index contributed by atoms with van der Waals surface area (Å²) in [6, 6.07) is 0. The maximum absolute atomic E-state index is 12.7. The molecule has 0 saturated carbocycles. The van der Waals surface area contributed by atoms with E-state index in [0.717, 1.165) is 25.1 Å². The highest BCUT2D eigenvalue weighted by molar-refractivity contribution is 5.92. The van der Waals surface area contributed by atoms with E-state index < -0.39 is 0 Å². The summed E-state index contributed by atoms with van der Waals surface area (Å²) in [6.07, 6.45) is 4.28. The van der Waals surface area contributed by atoms with E-state index in [2.05, 4.69) is 34.3 Å². The van der Waals surface area contributed by atoms with Crippen molar-refractivity contribution < 1.29 is 9.32 Å². The molecule has 3 rings (SSSR count). The Balaban J connectivity index is 1.65. The Bertz CT molecular complexity index is 709. The molecule has 9 nitrogen and oxygen atoms in total. The van der Waals surface area contributed by atoms with E-state index in [9.17, 15) is 4.79 Å². The average molecular weight is 347 g/mol. The zero-order valence-electron chi connectivity index (χ0n) is 14.8. The highest BCUT2D eigenvalue weighted by Crippen LogP contribution is 2.26. The van der Waals surface area contributed by atoms with E-state index in [1.54, 1.807) is 15.8 Å². The molecule has 25 heavy (non-hydrogen) atoms. The number of nitrogens with zero attached hydrogens (tertiary/aromatic N) is 6. The van der Waals surface area contributed by atoms with Gasteiger partial charge in [-0.1, -0.05) is 24.2 Å². The lowest BCUT2D eigenvalue weighted by Gasteiger charge is -2.30. The average Bonchev–Trinajstić information content (AvgIpc) is 3.24. The van der Waals surface area contributed by atoms with Crippen molar-refractivity contribution in [2.45, 2.75) is 45.6 Å². The number of carbonyl (C=O) groups is 1. The molecule has 3 heterocycles. The molecule has 1 saturated heterocycles. The fourth-order valence-corrected chi connectivity index (χ4v) is 3.04. The summed E-state index contributed by atoms with van der Waals surface area (Å²) < 4.78 is 7.02.